The van der Waals surface area contributed by atoms with Crippen LogP contribution in [-0.4, -0.2) is 46.5 Å². The summed E-state index contributed by atoms with van der Waals surface area (Å²) < 4.78 is 5.85. The zero-order valence-electron chi connectivity index (χ0n) is 14.4. The van der Waals surface area contributed by atoms with Crippen LogP contribution in [0.5, 0.6) is 0 Å². The highest BCUT2D eigenvalue weighted by molar-refractivity contribution is 5.95. The van der Waals surface area contributed by atoms with Crippen molar-refractivity contribution in [1.29, 1.82) is 0 Å². The molecule has 0 aromatic carbocycles. The maximum atomic E-state index is 12.5. The number of carbonyl (C=O) groups excluding carboxylic acids is 2. The summed E-state index contributed by atoms with van der Waals surface area (Å²) in [5.74, 6) is 1.25. The van der Waals surface area contributed by atoms with E-state index < -0.39 is 0 Å². The van der Waals surface area contributed by atoms with Crippen LogP contribution in [0.4, 0.5) is 0 Å². The summed E-state index contributed by atoms with van der Waals surface area (Å²) in [4.78, 5) is 25.9. The lowest BCUT2D eigenvalue weighted by atomic mass is 9.93. The smallest absolute Gasteiger partial charge is 0.287 e. The average molecular weight is 342 g/mol. The van der Waals surface area contributed by atoms with Gasteiger partial charge < -0.3 is 14.6 Å². The van der Waals surface area contributed by atoms with Gasteiger partial charge in [0.25, 0.3) is 5.91 Å². The summed E-state index contributed by atoms with van der Waals surface area (Å²) in [6, 6.07) is 0. The van der Waals surface area contributed by atoms with Crippen molar-refractivity contribution in [1.82, 2.24) is 20.4 Å². The number of amides is 2. The number of hydrogen-bond acceptors (Lipinski definition) is 4. The fourth-order valence-corrected chi connectivity index (χ4v) is 3.75. The number of H-pyrrole nitrogens is 1. The summed E-state index contributed by atoms with van der Waals surface area (Å²) in [5.41, 5.74) is 3.96. The van der Waals surface area contributed by atoms with Gasteiger partial charge in [0.15, 0.2) is 5.76 Å². The van der Waals surface area contributed by atoms with Gasteiger partial charge in [-0.05, 0) is 31.7 Å². The number of aromatic amines is 1. The van der Waals surface area contributed by atoms with E-state index in [0.29, 0.717) is 25.3 Å². The number of fused-ring (bicyclic) bond motifs is 3. The molecule has 132 valence electrons. The zero-order valence-corrected chi connectivity index (χ0v) is 14.4. The van der Waals surface area contributed by atoms with Crippen molar-refractivity contribution in [2.24, 2.45) is 0 Å². The van der Waals surface area contributed by atoms with Crippen LogP contribution in [0.3, 0.4) is 0 Å². The molecule has 1 aliphatic carbocycles. The van der Waals surface area contributed by atoms with Crippen LogP contribution < -0.4 is 5.32 Å². The van der Waals surface area contributed by atoms with Crippen LogP contribution in [-0.2, 0) is 17.6 Å². The molecular formula is C18H22N4O3. The van der Waals surface area contributed by atoms with Crippen molar-refractivity contribution in [3.05, 3.63) is 28.8 Å². The Hall–Kier alpha value is -2.57. The third-order valence-corrected chi connectivity index (χ3v) is 5.08. The van der Waals surface area contributed by atoms with Crippen molar-refractivity contribution in [2.75, 3.05) is 19.6 Å². The van der Waals surface area contributed by atoms with Crippen LogP contribution in [0.1, 0.15) is 46.7 Å². The van der Waals surface area contributed by atoms with E-state index in [-0.39, 0.29) is 11.8 Å². The number of carbonyl (C=O) groups is 2. The van der Waals surface area contributed by atoms with E-state index in [4.69, 9.17) is 4.42 Å². The molecular weight excluding hydrogens is 320 g/mol. The Kier molecular flexibility index (Phi) is 4.07. The van der Waals surface area contributed by atoms with Crippen LogP contribution in [0.25, 0.3) is 11.3 Å². The molecule has 25 heavy (non-hydrogen) atoms. The first kappa shape index (κ1) is 15.9. The molecule has 2 aromatic rings. The van der Waals surface area contributed by atoms with Crippen LogP contribution >= 0.6 is 0 Å². The van der Waals surface area contributed by atoms with Crippen molar-refractivity contribution in [2.45, 2.75) is 39.0 Å². The molecule has 1 saturated heterocycles. The van der Waals surface area contributed by atoms with Gasteiger partial charge >= 0.3 is 0 Å². The number of hydrogen-bond donors (Lipinski definition) is 2. The number of aromatic nitrogens is 2. The van der Waals surface area contributed by atoms with E-state index >= 15 is 0 Å². The topological polar surface area (TPSA) is 91.2 Å². The van der Waals surface area contributed by atoms with Crippen molar-refractivity contribution < 1.29 is 14.0 Å². The Morgan fingerprint density at radius 1 is 1.40 bits per heavy atom. The highest BCUT2D eigenvalue weighted by atomic mass is 16.4. The van der Waals surface area contributed by atoms with Gasteiger partial charge in [0.05, 0.1) is 11.9 Å². The molecule has 2 amide bonds. The van der Waals surface area contributed by atoms with E-state index in [9.17, 15) is 9.59 Å². The number of rotatable bonds is 5. The molecule has 2 N–H and O–H groups in total. The first-order valence-electron chi connectivity index (χ1n) is 8.86. The molecule has 0 saturated carbocycles. The second kappa shape index (κ2) is 6.38. The molecule has 0 radical (unpaired) electrons. The van der Waals surface area contributed by atoms with E-state index in [0.717, 1.165) is 54.8 Å². The summed E-state index contributed by atoms with van der Waals surface area (Å²) >= 11 is 0. The lowest BCUT2D eigenvalue weighted by molar-refractivity contribution is -0.127. The molecule has 2 aliphatic rings. The molecule has 1 fully saturated rings. The Labute approximate surface area is 145 Å². The standard InChI is InChI=1S/C18H22N4O3/c1-11-15-13(6-5-12-10-20-21-16(12)15)25-17(11)18(24)19-7-3-9-22-8-2-4-14(22)23/h10H,2-9H2,1H3,(H,19,24)(H,20,21). The summed E-state index contributed by atoms with van der Waals surface area (Å²) in [5, 5.41) is 10.0. The fourth-order valence-electron chi connectivity index (χ4n) is 3.75. The van der Waals surface area contributed by atoms with Crippen molar-refractivity contribution >= 4 is 11.8 Å². The summed E-state index contributed by atoms with van der Waals surface area (Å²) in [6.07, 6.45) is 5.84. The molecule has 2 aromatic heterocycles. The predicted octanol–water partition coefficient (Wildman–Crippen LogP) is 1.82. The Morgan fingerprint density at radius 3 is 3.08 bits per heavy atom. The predicted molar refractivity (Wildman–Crippen MR) is 91.2 cm³/mol. The van der Waals surface area contributed by atoms with Gasteiger partial charge in [-0.15, -0.1) is 0 Å². The summed E-state index contributed by atoms with van der Waals surface area (Å²) in [6.45, 7) is 3.98. The molecule has 7 heteroatoms. The van der Waals surface area contributed by atoms with E-state index in [1.54, 1.807) is 0 Å². The minimum Gasteiger partial charge on any atom is -0.455 e. The van der Waals surface area contributed by atoms with Gasteiger partial charge in [0, 0.05) is 43.6 Å². The molecule has 0 unspecified atom stereocenters. The largest absolute Gasteiger partial charge is 0.455 e. The Bertz CT molecular complexity index is 820. The number of likely N-dealkylation sites (tertiary alicyclic amines) is 1. The Morgan fingerprint density at radius 2 is 2.28 bits per heavy atom. The maximum Gasteiger partial charge on any atom is 0.287 e. The van der Waals surface area contributed by atoms with Gasteiger partial charge in [-0.25, -0.2) is 0 Å². The molecule has 0 bridgehead atoms. The minimum absolute atomic E-state index is 0.194. The quantitative estimate of drug-likeness (QED) is 0.811. The Balaban J connectivity index is 1.39. The van der Waals surface area contributed by atoms with E-state index in [2.05, 4.69) is 15.5 Å². The van der Waals surface area contributed by atoms with Crippen molar-refractivity contribution in [3.8, 4) is 11.3 Å². The second-order valence-electron chi connectivity index (χ2n) is 6.72. The number of furan rings is 1. The number of aryl methyl sites for hydroxylation is 2. The zero-order chi connectivity index (χ0) is 17.4. The van der Waals surface area contributed by atoms with Crippen molar-refractivity contribution in [3.63, 3.8) is 0 Å². The first-order valence-corrected chi connectivity index (χ1v) is 8.86. The maximum absolute atomic E-state index is 12.5. The highest BCUT2D eigenvalue weighted by Crippen LogP contribution is 2.37. The highest BCUT2D eigenvalue weighted by Gasteiger charge is 2.28. The molecule has 0 atom stereocenters. The SMILES string of the molecule is Cc1c(C(=O)NCCCN2CCCC2=O)oc2c1-c1[nH]ncc1CC2. The third kappa shape index (κ3) is 2.83. The first-order chi connectivity index (χ1) is 12.1. The second-order valence-corrected chi connectivity index (χ2v) is 6.72. The van der Waals surface area contributed by atoms with Crippen LogP contribution in [0, 0.1) is 6.92 Å². The van der Waals surface area contributed by atoms with Gasteiger partial charge in [-0.1, -0.05) is 0 Å². The van der Waals surface area contributed by atoms with E-state index in [1.807, 2.05) is 18.0 Å². The van der Waals surface area contributed by atoms with Gasteiger partial charge in [-0.3, -0.25) is 14.7 Å². The molecule has 4 rings (SSSR count). The van der Waals surface area contributed by atoms with Crippen LogP contribution in [0.15, 0.2) is 10.6 Å². The number of nitrogens with one attached hydrogen (secondary N) is 2. The lowest BCUT2D eigenvalue weighted by Gasteiger charge is -2.15. The van der Waals surface area contributed by atoms with Gasteiger partial charge in [0.2, 0.25) is 5.91 Å². The average Bonchev–Trinajstić information content (AvgIpc) is 3.30. The fraction of sp³-hybridized carbons (Fsp3) is 0.500. The van der Waals surface area contributed by atoms with Crippen LogP contribution in [0.2, 0.25) is 0 Å². The summed E-state index contributed by atoms with van der Waals surface area (Å²) in [7, 11) is 0. The normalized spacial score (nSPS) is 16.0. The molecule has 3 heterocycles. The van der Waals surface area contributed by atoms with Gasteiger partial charge in [-0.2, -0.15) is 5.10 Å². The molecule has 7 nitrogen and oxygen atoms in total. The van der Waals surface area contributed by atoms with E-state index in [1.165, 1.54) is 5.56 Å². The third-order valence-electron chi connectivity index (χ3n) is 5.08. The molecule has 0 spiro atoms. The number of nitrogens with zero attached hydrogens (tertiary/aromatic N) is 2. The minimum atomic E-state index is -0.194. The molecule has 1 aliphatic heterocycles. The lowest BCUT2D eigenvalue weighted by Crippen LogP contribution is -2.30. The monoisotopic (exact) mass is 342 g/mol. The van der Waals surface area contributed by atoms with Gasteiger partial charge in [0.1, 0.15) is 5.76 Å².